The van der Waals surface area contributed by atoms with Gasteiger partial charge in [0.2, 0.25) is 0 Å². The number of methoxy groups -OCH3 is 1. The summed E-state index contributed by atoms with van der Waals surface area (Å²) >= 11 is 0. The molecule has 2 aromatic carbocycles. The van der Waals surface area contributed by atoms with E-state index in [-0.39, 0.29) is 5.97 Å². The average molecular weight is 375 g/mol. The Labute approximate surface area is 166 Å². The van der Waals surface area contributed by atoms with Crippen LogP contribution in [0.3, 0.4) is 0 Å². The number of esters is 1. The van der Waals surface area contributed by atoms with Crippen molar-refractivity contribution in [1.82, 2.24) is 0 Å². The summed E-state index contributed by atoms with van der Waals surface area (Å²) < 4.78 is 10.4. The molecule has 1 fully saturated rings. The van der Waals surface area contributed by atoms with Gasteiger partial charge in [-0.1, -0.05) is 24.3 Å². The maximum absolute atomic E-state index is 12.3. The van der Waals surface area contributed by atoms with Crippen molar-refractivity contribution in [1.29, 1.82) is 5.26 Å². The van der Waals surface area contributed by atoms with Gasteiger partial charge in [-0.15, -0.1) is 0 Å². The summed E-state index contributed by atoms with van der Waals surface area (Å²) in [6.07, 6.45) is 9.09. The lowest BCUT2D eigenvalue weighted by Gasteiger charge is -2.27. The first-order valence-corrected chi connectivity index (χ1v) is 9.67. The molecule has 0 spiro atoms. The predicted octanol–water partition coefficient (Wildman–Crippen LogP) is 5.25. The van der Waals surface area contributed by atoms with E-state index in [4.69, 9.17) is 14.7 Å². The zero-order valence-electron chi connectivity index (χ0n) is 16.1. The van der Waals surface area contributed by atoms with Gasteiger partial charge in [-0.25, -0.2) is 4.79 Å². The Balaban J connectivity index is 1.54. The fourth-order valence-corrected chi connectivity index (χ4v) is 3.64. The fraction of sp³-hybridized carbons (Fsp3) is 0.333. The Kier molecular flexibility index (Phi) is 7.00. The number of ether oxygens (including phenoxy) is 2. The lowest BCUT2D eigenvalue weighted by molar-refractivity contribution is 0.0734. The van der Waals surface area contributed by atoms with Gasteiger partial charge in [0.1, 0.15) is 5.75 Å². The van der Waals surface area contributed by atoms with Crippen molar-refractivity contribution in [3.63, 3.8) is 0 Å². The first-order chi connectivity index (χ1) is 13.7. The smallest absolute Gasteiger partial charge is 0.343 e. The first-order valence-electron chi connectivity index (χ1n) is 9.67. The molecule has 28 heavy (non-hydrogen) atoms. The molecule has 4 nitrogen and oxygen atoms in total. The molecule has 0 bridgehead atoms. The minimum absolute atomic E-state index is 0.386. The first kappa shape index (κ1) is 19.9. The Morgan fingerprint density at radius 3 is 2.36 bits per heavy atom. The molecule has 2 aromatic rings. The maximum Gasteiger partial charge on any atom is 0.343 e. The van der Waals surface area contributed by atoms with Crippen LogP contribution in [0.2, 0.25) is 0 Å². The van der Waals surface area contributed by atoms with E-state index in [1.54, 1.807) is 31.4 Å². The lowest BCUT2D eigenvalue weighted by Crippen LogP contribution is -2.12. The summed E-state index contributed by atoms with van der Waals surface area (Å²) in [4.78, 5) is 12.3. The molecule has 1 aliphatic carbocycles. The molecule has 0 radical (unpaired) electrons. The van der Waals surface area contributed by atoms with Gasteiger partial charge < -0.3 is 9.47 Å². The molecular formula is C24H25NO3. The minimum Gasteiger partial charge on any atom is -0.423 e. The van der Waals surface area contributed by atoms with Gasteiger partial charge in [-0.3, -0.25) is 0 Å². The molecule has 0 atom stereocenters. The van der Waals surface area contributed by atoms with Crippen LogP contribution in [0.5, 0.6) is 5.75 Å². The molecule has 4 heteroatoms. The van der Waals surface area contributed by atoms with Gasteiger partial charge in [0.05, 0.1) is 23.8 Å². The normalized spacial score (nSPS) is 19.3. The molecule has 0 aliphatic heterocycles. The van der Waals surface area contributed by atoms with E-state index >= 15 is 0 Å². The number of nitrogens with zero attached hydrogens (tertiary/aromatic N) is 1. The number of allylic oxidation sites excluding steroid dienone is 1. The number of rotatable bonds is 6. The molecule has 0 unspecified atom stereocenters. The highest BCUT2D eigenvalue weighted by atomic mass is 16.5. The second kappa shape index (κ2) is 9.87. The van der Waals surface area contributed by atoms with Crippen molar-refractivity contribution in [3.05, 3.63) is 77.4 Å². The molecule has 3 rings (SSSR count). The van der Waals surface area contributed by atoms with Gasteiger partial charge >= 0.3 is 5.97 Å². The quantitative estimate of drug-likeness (QED) is 0.393. The van der Waals surface area contributed by atoms with Crippen molar-refractivity contribution in [2.45, 2.75) is 31.6 Å². The van der Waals surface area contributed by atoms with E-state index in [0.29, 0.717) is 35.3 Å². The van der Waals surface area contributed by atoms with Gasteiger partial charge in [-0.05, 0) is 79.5 Å². The van der Waals surface area contributed by atoms with E-state index in [9.17, 15) is 4.79 Å². The van der Waals surface area contributed by atoms with Crippen LogP contribution >= 0.6 is 0 Å². The molecule has 0 saturated heterocycles. The Hall–Kier alpha value is -2.90. The summed E-state index contributed by atoms with van der Waals surface area (Å²) in [6.45, 7) is 0.681. The van der Waals surface area contributed by atoms with Crippen LogP contribution in [0.4, 0.5) is 0 Å². The van der Waals surface area contributed by atoms with Crippen molar-refractivity contribution < 1.29 is 14.3 Å². The summed E-state index contributed by atoms with van der Waals surface area (Å²) in [5.74, 6) is 1.25. The molecular weight excluding hydrogens is 350 g/mol. The van der Waals surface area contributed by atoms with Crippen molar-refractivity contribution in [2.75, 3.05) is 13.7 Å². The van der Waals surface area contributed by atoms with Gasteiger partial charge in [0.15, 0.2) is 0 Å². The highest BCUT2D eigenvalue weighted by Crippen LogP contribution is 2.36. The second-order valence-electron chi connectivity index (χ2n) is 7.14. The Bertz CT molecular complexity index is 839. The van der Waals surface area contributed by atoms with Crippen molar-refractivity contribution in [2.24, 2.45) is 5.92 Å². The third-order valence-electron chi connectivity index (χ3n) is 5.25. The zero-order valence-corrected chi connectivity index (χ0v) is 16.1. The summed E-state index contributed by atoms with van der Waals surface area (Å²) in [5.41, 5.74) is 2.35. The Morgan fingerprint density at radius 1 is 1.07 bits per heavy atom. The Morgan fingerprint density at radius 2 is 1.75 bits per heavy atom. The van der Waals surface area contributed by atoms with Crippen LogP contribution in [0.15, 0.2) is 60.7 Å². The molecule has 1 aliphatic rings. The van der Waals surface area contributed by atoms with Crippen LogP contribution in [-0.2, 0) is 4.74 Å². The fourth-order valence-electron chi connectivity index (χ4n) is 3.64. The van der Waals surface area contributed by atoms with E-state index in [1.165, 1.54) is 18.4 Å². The summed E-state index contributed by atoms with van der Waals surface area (Å²) in [5, 5.41) is 8.82. The van der Waals surface area contributed by atoms with E-state index in [0.717, 1.165) is 12.8 Å². The van der Waals surface area contributed by atoms with Gasteiger partial charge in [0, 0.05) is 7.11 Å². The van der Waals surface area contributed by atoms with E-state index < -0.39 is 0 Å². The van der Waals surface area contributed by atoms with Crippen LogP contribution in [0, 0.1) is 17.2 Å². The van der Waals surface area contributed by atoms with E-state index in [1.807, 2.05) is 30.3 Å². The standard InChI is InChI=1S/C24H25NO3/c1-27-16-2-3-18-4-8-20(9-5-18)21-10-12-22(13-11-21)24(26)28-23-14-6-19(17-25)7-15-23/h2-3,6-7,10-15,18,20H,4-5,8-9,16H2,1H3/b3-2+. The molecule has 0 amide bonds. The SMILES string of the molecule is COC/C=C/C1CCC(c2ccc(C(=O)Oc3ccc(C#N)cc3)cc2)CC1. The monoisotopic (exact) mass is 375 g/mol. The van der Waals surface area contributed by atoms with Crippen LogP contribution in [0.1, 0.15) is 53.1 Å². The van der Waals surface area contributed by atoms with Crippen LogP contribution < -0.4 is 4.74 Å². The van der Waals surface area contributed by atoms with Gasteiger partial charge in [0.25, 0.3) is 0 Å². The zero-order chi connectivity index (χ0) is 19.8. The van der Waals surface area contributed by atoms with Crippen LogP contribution in [-0.4, -0.2) is 19.7 Å². The molecule has 144 valence electrons. The second-order valence-corrected chi connectivity index (χ2v) is 7.14. The summed E-state index contributed by atoms with van der Waals surface area (Å²) in [7, 11) is 1.71. The molecule has 1 saturated carbocycles. The highest BCUT2D eigenvalue weighted by molar-refractivity contribution is 5.91. The molecule has 0 heterocycles. The van der Waals surface area contributed by atoms with Gasteiger partial charge in [-0.2, -0.15) is 5.26 Å². The number of nitriles is 1. The number of benzene rings is 2. The highest BCUT2D eigenvalue weighted by Gasteiger charge is 2.21. The third kappa shape index (κ3) is 5.31. The minimum atomic E-state index is -0.386. The average Bonchev–Trinajstić information content (AvgIpc) is 2.75. The number of hydrogen-bond donors (Lipinski definition) is 0. The summed E-state index contributed by atoms with van der Waals surface area (Å²) in [6, 6.07) is 16.3. The van der Waals surface area contributed by atoms with Crippen LogP contribution in [0.25, 0.3) is 0 Å². The van der Waals surface area contributed by atoms with Crippen molar-refractivity contribution in [3.8, 4) is 11.8 Å². The maximum atomic E-state index is 12.3. The largest absolute Gasteiger partial charge is 0.423 e. The number of hydrogen-bond acceptors (Lipinski definition) is 4. The molecule has 0 aromatic heterocycles. The third-order valence-corrected chi connectivity index (χ3v) is 5.25. The topological polar surface area (TPSA) is 59.3 Å². The lowest BCUT2D eigenvalue weighted by atomic mass is 9.78. The molecule has 0 N–H and O–H groups in total. The number of carbonyl (C=O) groups excluding carboxylic acids is 1. The number of carbonyl (C=O) groups is 1. The van der Waals surface area contributed by atoms with Crippen molar-refractivity contribution >= 4 is 5.97 Å². The predicted molar refractivity (Wildman–Crippen MR) is 108 cm³/mol. The van der Waals surface area contributed by atoms with E-state index in [2.05, 4.69) is 12.2 Å².